The first-order valence-electron chi connectivity index (χ1n) is 10.1. The van der Waals surface area contributed by atoms with Crippen LogP contribution in [-0.2, 0) is 29.1 Å². The second-order valence-corrected chi connectivity index (χ2v) is 8.99. The van der Waals surface area contributed by atoms with Crippen LogP contribution in [0.1, 0.15) is 39.5 Å². The van der Waals surface area contributed by atoms with E-state index in [1.807, 2.05) is 13.8 Å². The number of nitrogens with zero attached hydrogens (tertiary/aromatic N) is 1. The summed E-state index contributed by atoms with van der Waals surface area (Å²) in [6.45, 7) is 5.23. The van der Waals surface area contributed by atoms with E-state index in [-0.39, 0.29) is 29.5 Å². The Morgan fingerprint density at radius 2 is 1.65 bits per heavy atom. The van der Waals surface area contributed by atoms with Crippen molar-refractivity contribution >= 4 is 44.9 Å². The maximum absolute atomic E-state index is 12.8. The van der Waals surface area contributed by atoms with Crippen molar-refractivity contribution in [2.24, 2.45) is 0 Å². The molecule has 0 bridgehead atoms. The number of sulfonamides is 1. The van der Waals surface area contributed by atoms with Crippen LogP contribution in [0.3, 0.4) is 0 Å². The van der Waals surface area contributed by atoms with Gasteiger partial charge in [-0.05, 0) is 49.3 Å². The Morgan fingerprint density at radius 3 is 2.19 bits per heavy atom. The quantitative estimate of drug-likeness (QED) is 0.255. The first kappa shape index (κ1) is 27.0. The molecule has 0 saturated heterocycles. The fourth-order valence-electron chi connectivity index (χ4n) is 2.59. The second-order valence-electron chi connectivity index (χ2n) is 6.64. The highest BCUT2D eigenvalue weighted by molar-refractivity contribution is 7.89. The molecule has 0 fully saturated rings. The predicted molar refractivity (Wildman–Crippen MR) is 122 cm³/mol. The van der Waals surface area contributed by atoms with Crippen LogP contribution < -0.4 is 10.6 Å². The van der Waals surface area contributed by atoms with Gasteiger partial charge >= 0.3 is 5.97 Å². The van der Waals surface area contributed by atoms with Gasteiger partial charge in [-0.3, -0.25) is 9.59 Å². The van der Waals surface area contributed by atoms with Crippen LogP contribution >= 0.6 is 12.2 Å². The van der Waals surface area contributed by atoms with E-state index in [2.05, 4.69) is 10.6 Å². The Bertz CT molecular complexity index is 822. The van der Waals surface area contributed by atoms with Gasteiger partial charge in [-0.2, -0.15) is 4.31 Å². The molecule has 0 aliphatic carbocycles. The van der Waals surface area contributed by atoms with Gasteiger partial charge in [0.05, 0.1) is 17.9 Å². The lowest BCUT2D eigenvalue weighted by Crippen LogP contribution is -2.34. The fourth-order valence-corrected chi connectivity index (χ4v) is 4.44. The summed E-state index contributed by atoms with van der Waals surface area (Å²) in [6.07, 6.45) is 1.32. The Kier molecular flexibility index (Phi) is 12.2. The molecule has 0 heterocycles. The van der Waals surface area contributed by atoms with Crippen LogP contribution in [-0.4, -0.2) is 63.1 Å². The van der Waals surface area contributed by atoms with E-state index >= 15 is 0 Å². The number of ether oxygens (including phenoxy) is 2. The molecule has 9 nitrogen and oxygen atoms in total. The number of carbonyl (C=O) groups is 2. The van der Waals surface area contributed by atoms with Crippen LogP contribution in [0.4, 0.5) is 5.69 Å². The molecule has 1 amide bonds. The summed E-state index contributed by atoms with van der Waals surface area (Å²) in [5.74, 6) is -0.932. The number of rotatable bonds is 13. The molecule has 11 heteroatoms. The molecular formula is C20H31N3O6S2. The number of hydrogen-bond acceptors (Lipinski definition) is 7. The van der Waals surface area contributed by atoms with Crippen molar-refractivity contribution in [2.75, 3.05) is 38.7 Å². The molecule has 0 aromatic heterocycles. The SMILES string of the molecule is CCCN(CCC)S(=O)(=O)c1ccc(NC(=S)NC(=O)CCC(=O)OCCOC)cc1. The number of thiocarbonyl (C=S) groups is 1. The molecule has 0 aliphatic heterocycles. The maximum Gasteiger partial charge on any atom is 0.306 e. The van der Waals surface area contributed by atoms with Crippen molar-refractivity contribution in [2.45, 2.75) is 44.4 Å². The van der Waals surface area contributed by atoms with Crippen molar-refractivity contribution in [1.82, 2.24) is 9.62 Å². The van der Waals surface area contributed by atoms with Crippen molar-refractivity contribution in [1.29, 1.82) is 0 Å². The van der Waals surface area contributed by atoms with Gasteiger partial charge in [0.2, 0.25) is 15.9 Å². The van der Waals surface area contributed by atoms with E-state index in [1.54, 1.807) is 12.1 Å². The van der Waals surface area contributed by atoms with E-state index in [0.29, 0.717) is 25.4 Å². The molecule has 0 saturated carbocycles. The molecule has 0 radical (unpaired) electrons. The highest BCUT2D eigenvalue weighted by atomic mass is 32.2. The third-order valence-electron chi connectivity index (χ3n) is 4.06. The van der Waals surface area contributed by atoms with E-state index in [9.17, 15) is 18.0 Å². The highest BCUT2D eigenvalue weighted by Gasteiger charge is 2.22. The number of carbonyl (C=O) groups excluding carboxylic acids is 2. The molecule has 0 aliphatic rings. The zero-order chi connectivity index (χ0) is 23.3. The molecule has 1 rings (SSSR count). The first-order valence-corrected chi connectivity index (χ1v) is 11.9. The van der Waals surface area contributed by atoms with Gasteiger partial charge in [0.15, 0.2) is 5.11 Å². The van der Waals surface area contributed by atoms with Gasteiger partial charge in [-0.25, -0.2) is 8.42 Å². The van der Waals surface area contributed by atoms with Crippen LogP contribution in [0.25, 0.3) is 0 Å². The topological polar surface area (TPSA) is 114 Å². The average Bonchev–Trinajstić information content (AvgIpc) is 2.72. The Labute approximate surface area is 189 Å². The number of hydrogen-bond donors (Lipinski definition) is 2. The number of anilines is 1. The van der Waals surface area contributed by atoms with Crippen LogP contribution in [0, 0.1) is 0 Å². The van der Waals surface area contributed by atoms with E-state index in [0.717, 1.165) is 12.8 Å². The predicted octanol–water partition coefficient (Wildman–Crippen LogP) is 2.28. The maximum atomic E-state index is 12.8. The molecule has 174 valence electrons. The smallest absolute Gasteiger partial charge is 0.306 e. The summed E-state index contributed by atoms with van der Waals surface area (Å²) in [5, 5.41) is 5.34. The molecule has 1 aromatic rings. The van der Waals surface area contributed by atoms with Crippen LogP contribution in [0.5, 0.6) is 0 Å². The normalized spacial score (nSPS) is 11.2. The van der Waals surface area contributed by atoms with Gasteiger partial charge in [0.1, 0.15) is 6.61 Å². The van der Waals surface area contributed by atoms with Crippen molar-refractivity contribution in [3.05, 3.63) is 24.3 Å². The third-order valence-corrected chi connectivity index (χ3v) is 6.17. The molecule has 31 heavy (non-hydrogen) atoms. The average molecular weight is 474 g/mol. The Morgan fingerprint density at radius 1 is 1.03 bits per heavy atom. The monoisotopic (exact) mass is 473 g/mol. The van der Waals surface area contributed by atoms with Crippen LogP contribution in [0.15, 0.2) is 29.2 Å². The molecule has 0 spiro atoms. The number of methoxy groups -OCH3 is 1. The molecule has 2 N–H and O–H groups in total. The van der Waals surface area contributed by atoms with E-state index < -0.39 is 21.9 Å². The summed E-state index contributed by atoms with van der Waals surface area (Å²) in [4.78, 5) is 23.6. The molecule has 1 aromatic carbocycles. The summed E-state index contributed by atoms with van der Waals surface area (Å²) in [6, 6.07) is 6.15. The van der Waals surface area contributed by atoms with Crippen molar-refractivity contribution in [3.8, 4) is 0 Å². The van der Waals surface area contributed by atoms with Gasteiger partial charge in [-0.15, -0.1) is 0 Å². The lowest BCUT2D eigenvalue weighted by molar-refractivity contribution is -0.146. The van der Waals surface area contributed by atoms with Gasteiger partial charge in [0.25, 0.3) is 0 Å². The van der Waals surface area contributed by atoms with Gasteiger partial charge in [0, 0.05) is 32.3 Å². The van der Waals surface area contributed by atoms with Gasteiger partial charge in [-0.1, -0.05) is 13.8 Å². The summed E-state index contributed by atoms with van der Waals surface area (Å²) >= 11 is 5.09. The number of esters is 1. The minimum atomic E-state index is -3.56. The lowest BCUT2D eigenvalue weighted by atomic mass is 10.3. The Balaban J connectivity index is 2.57. The molecular weight excluding hydrogens is 442 g/mol. The second kappa shape index (κ2) is 14.1. The minimum Gasteiger partial charge on any atom is -0.463 e. The summed E-state index contributed by atoms with van der Waals surface area (Å²) < 4.78 is 36.7. The molecule has 0 unspecified atom stereocenters. The summed E-state index contributed by atoms with van der Waals surface area (Å²) in [7, 11) is -2.07. The van der Waals surface area contributed by atoms with Crippen molar-refractivity contribution in [3.63, 3.8) is 0 Å². The fraction of sp³-hybridized carbons (Fsp3) is 0.550. The highest BCUT2D eigenvalue weighted by Crippen LogP contribution is 2.19. The third kappa shape index (κ3) is 9.72. The summed E-state index contributed by atoms with van der Waals surface area (Å²) in [5.41, 5.74) is 0.528. The number of benzene rings is 1. The van der Waals surface area contributed by atoms with E-state index in [1.165, 1.54) is 23.5 Å². The van der Waals surface area contributed by atoms with Gasteiger partial charge < -0.3 is 20.1 Å². The van der Waals surface area contributed by atoms with E-state index in [4.69, 9.17) is 21.7 Å². The van der Waals surface area contributed by atoms with Crippen LogP contribution in [0.2, 0.25) is 0 Å². The lowest BCUT2D eigenvalue weighted by Gasteiger charge is -2.21. The Hall–Kier alpha value is -2.08. The minimum absolute atomic E-state index is 0.0481. The number of amides is 1. The largest absolute Gasteiger partial charge is 0.463 e. The number of nitrogens with one attached hydrogen (secondary N) is 2. The standard InChI is InChI=1S/C20H31N3O6S2/c1-4-12-23(13-5-2)31(26,27)17-8-6-16(7-9-17)21-20(30)22-18(24)10-11-19(25)29-15-14-28-3/h6-9H,4-5,10-15H2,1-3H3,(H2,21,22,24,30). The zero-order valence-corrected chi connectivity index (χ0v) is 19.8. The first-order chi connectivity index (χ1) is 14.7. The zero-order valence-electron chi connectivity index (χ0n) is 18.2. The van der Waals surface area contributed by atoms with Crippen molar-refractivity contribution < 1.29 is 27.5 Å². The molecule has 0 atom stereocenters.